The first-order valence-corrected chi connectivity index (χ1v) is 18.8. The Morgan fingerprint density at radius 1 is 0.516 bits per heavy atom. The van der Waals surface area contributed by atoms with Crippen molar-refractivity contribution in [1.82, 2.24) is 5.32 Å². The van der Waals surface area contributed by atoms with Crippen LogP contribution in [0.15, 0.2) is 146 Å². The fourth-order valence-corrected chi connectivity index (χ4v) is 6.99. The van der Waals surface area contributed by atoms with Gasteiger partial charge in [0.15, 0.2) is 0 Å². The van der Waals surface area contributed by atoms with E-state index in [0.29, 0.717) is 23.3 Å². The van der Waals surface area contributed by atoms with Crippen LogP contribution in [0.2, 0.25) is 0 Å². The van der Waals surface area contributed by atoms with Crippen LogP contribution in [0.5, 0.6) is 0 Å². The number of halogens is 13. The fourth-order valence-electron chi connectivity index (χ4n) is 6.99. The zero-order valence-electron chi connectivity index (χ0n) is 32.9. The molecule has 6 rings (SSSR count). The number of hydrogen-bond acceptors (Lipinski definition) is 2. The van der Waals surface area contributed by atoms with E-state index >= 15 is 0 Å². The zero-order chi connectivity index (χ0) is 47.1. The number of hydrogen-bond donors (Lipinski definition) is 2. The quantitative estimate of drug-likeness (QED) is 0.101. The molecule has 1 amide bonds. The molecule has 0 spiro atoms. The summed E-state index contributed by atoms with van der Waals surface area (Å²) in [5.41, 5.74) is 0.0685. The summed E-state index contributed by atoms with van der Waals surface area (Å²) >= 11 is 0. The zero-order valence-corrected chi connectivity index (χ0v) is 32.9. The van der Waals surface area contributed by atoms with Gasteiger partial charge in [0.05, 0.1) is 35.5 Å². The molecule has 0 radical (unpaired) electrons. The Morgan fingerprint density at radius 2 is 0.922 bits per heavy atom. The largest absolute Gasteiger partial charge is 0.416 e. The molecule has 0 aromatic heterocycles. The number of carbonyl (C=O) groups is 1. The minimum absolute atomic E-state index is 0.000892. The first kappa shape index (κ1) is 48.4. The molecular weight excluding hydrogens is 870 g/mol. The molecule has 6 aromatic rings. The van der Waals surface area contributed by atoms with E-state index < -0.39 is 87.9 Å². The van der Waals surface area contributed by atoms with Gasteiger partial charge >= 0.3 is 18.5 Å². The average molecular weight is 904 g/mol. The number of alkyl halides is 9. The Kier molecular flexibility index (Phi) is 14.6. The normalized spacial score (nSPS) is 14.2. The summed E-state index contributed by atoms with van der Waals surface area (Å²) in [5, 5.41) is 2.34. The molecule has 17 heteroatoms. The summed E-state index contributed by atoms with van der Waals surface area (Å²) in [4.78, 5) is 16.5. The second-order valence-electron chi connectivity index (χ2n) is 14.6. The number of benzene rings is 6. The predicted molar refractivity (Wildman–Crippen MR) is 211 cm³/mol. The standard InChI is InChI=1S/C25H20F8N2O.C22H14F5N/c26-19-8-6-16(7-9-19)23(13-15-4-2-1-3-5-15,35-22(36)21(34)14-24(28,29)30)17-10-18(25(31,32)33)12-20(27)11-17;1-28-21(14-15-5-3-2-4-6-15,16-7-9-19(23)10-8-16)17-11-18(22(25,26)27)13-20(24)12-17/h1-12,21H,13-14,34H2,(H,35,36);2-13H,14H2/t21?,23-;21-/m11/s1. The molecule has 0 saturated heterocycles. The molecule has 4 nitrogen and oxygen atoms in total. The summed E-state index contributed by atoms with van der Waals surface area (Å²) in [6, 6.07) is 27.4. The van der Waals surface area contributed by atoms with E-state index in [1.165, 1.54) is 12.1 Å². The Balaban J connectivity index is 0.000000248. The van der Waals surface area contributed by atoms with E-state index in [1.54, 1.807) is 60.7 Å². The van der Waals surface area contributed by atoms with Crippen molar-refractivity contribution in [2.75, 3.05) is 0 Å². The summed E-state index contributed by atoms with van der Waals surface area (Å²) in [6.07, 6.45) is -16.6. The number of nitrogens with zero attached hydrogens (tertiary/aromatic N) is 1. The summed E-state index contributed by atoms with van der Waals surface area (Å²) in [5.74, 6) is -4.99. The van der Waals surface area contributed by atoms with Gasteiger partial charge in [-0.25, -0.2) is 24.1 Å². The highest BCUT2D eigenvalue weighted by Gasteiger charge is 2.45. The van der Waals surface area contributed by atoms with Gasteiger partial charge in [-0.15, -0.1) is 0 Å². The van der Waals surface area contributed by atoms with Crippen LogP contribution in [0, 0.1) is 29.8 Å². The highest BCUT2D eigenvalue weighted by atomic mass is 19.4. The number of carbonyl (C=O) groups excluding carboxylic acids is 1. The molecule has 0 aliphatic heterocycles. The van der Waals surface area contributed by atoms with Crippen LogP contribution in [0.4, 0.5) is 57.1 Å². The van der Waals surface area contributed by atoms with Crippen LogP contribution in [-0.4, -0.2) is 18.1 Å². The maximum absolute atomic E-state index is 14.5. The van der Waals surface area contributed by atoms with Crippen molar-refractivity contribution in [3.05, 3.63) is 225 Å². The van der Waals surface area contributed by atoms with E-state index in [-0.39, 0.29) is 35.6 Å². The third kappa shape index (κ3) is 12.1. The number of rotatable bonds is 11. The van der Waals surface area contributed by atoms with Gasteiger partial charge in [0.1, 0.15) is 23.3 Å². The molecular formula is C47H34F13N3O. The van der Waals surface area contributed by atoms with Crippen LogP contribution in [0.1, 0.15) is 50.9 Å². The van der Waals surface area contributed by atoms with Gasteiger partial charge in [0, 0.05) is 17.5 Å². The summed E-state index contributed by atoms with van der Waals surface area (Å²) < 4.78 is 175. The Hall–Kier alpha value is -6.67. The number of nitrogens with two attached hydrogens (primary N) is 1. The molecule has 334 valence electrons. The Labute approximate surface area is 358 Å². The van der Waals surface area contributed by atoms with Crippen LogP contribution < -0.4 is 11.1 Å². The maximum atomic E-state index is 14.5. The highest BCUT2D eigenvalue weighted by Crippen LogP contribution is 2.42. The molecule has 0 bridgehead atoms. The smallest absolute Gasteiger partial charge is 0.341 e. The topological polar surface area (TPSA) is 59.5 Å². The summed E-state index contributed by atoms with van der Waals surface area (Å²) in [7, 11) is 0. The van der Waals surface area contributed by atoms with Crippen molar-refractivity contribution < 1.29 is 61.9 Å². The van der Waals surface area contributed by atoms with Gasteiger partial charge < -0.3 is 11.1 Å². The minimum atomic E-state index is -4.98. The van der Waals surface area contributed by atoms with Crippen molar-refractivity contribution in [3.63, 3.8) is 0 Å². The molecule has 3 atom stereocenters. The minimum Gasteiger partial charge on any atom is -0.341 e. The lowest BCUT2D eigenvalue weighted by atomic mass is 9.77. The Morgan fingerprint density at radius 3 is 1.36 bits per heavy atom. The molecule has 64 heavy (non-hydrogen) atoms. The lowest BCUT2D eigenvalue weighted by molar-refractivity contribution is -0.148. The Bertz CT molecular complexity index is 2560. The molecule has 6 aromatic carbocycles. The molecule has 0 saturated carbocycles. The van der Waals surface area contributed by atoms with Crippen molar-refractivity contribution in [2.24, 2.45) is 5.73 Å². The maximum Gasteiger partial charge on any atom is 0.416 e. The molecule has 0 aliphatic rings. The molecule has 0 aliphatic carbocycles. The number of nitrogens with one attached hydrogen (secondary N) is 1. The van der Waals surface area contributed by atoms with Crippen LogP contribution in [-0.2, 0) is 41.1 Å². The van der Waals surface area contributed by atoms with E-state index in [1.807, 2.05) is 0 Å². The first-order chi connectivity index (χ1) is 29.9. The van der Waals surface area contributed by atoms with Gasteiger partial charge in [0.25, 0.3) is 5.54 Å². The van der Waals surface area contributed by atoms with Gasteiger partial charge in [0.2, 0.25) is 5.91 Å². The SMILES string of the molecule is NC(CC(F)(F)F)C(=O)N[C@](Cc1ccccc1)(c1ccc(F)cc1)c1cc(F)cc(C(F)(F)F)c1.[C-]#[N+][C@](Cc1ccccc1)(c1ccc(F)cc1)c1cc(F)cc(C(F)(F)F)c1. The second kappa shape index (κ2) is 19.4. The van der Waals surface area contributed by atoms with Gasteiger partial charge in [-0.1, -0.05) is 72.8 Å². The van der Waals surface area contributed by atoms with E-state index in [0.717, 1.165) is 54.6 Å². The van der Waals surface area contributed by atoms with Crippen molar-refractivity contribution in [3.8, 4) is 0 Å². The number of amides is 1. The summed E-state index contributed by atoms with van der Waals surface area (Å²) in [6.45, 7) is 7.81. The average Bonchev–Trinajstić information content (AvgIpc) is 3.22. The molecule has 3 N–H and O–H groups in total. The third-order valence-corrected chi connectivity index (χ3v) is 10.0. The van der Waals surface area contributed by atoms with Crippen molar-refractivity contribution >= 4 is 5.91 Å². The van der Waals surface area contributed by atoms with E-state index in [2.05, 4.69) is 10.2 Å². The van der Waals surface area contributed by atoms with Gasteiger partial charge in [-0.05, 0) is 95.1 Å². The van der Waals surface area contributed by atoms with E-state index in [4.69, 9.17) is 12.3 Å². The van der Waals surface area contributed by atoms with Crippen LogP contribution >= 0.6 is 0 Å². The monoisotopic (exact) mass is 903 g/mol. The molecule has 1 unspecified atom stereocenters. The lowest BCUT2D eigenvalue weighted by Crippen LogP contribution is -2.54. The molecule has 0 heterocycles. The van der Waals surface area contributed by atoms with E-state index in [9.17, 15) is 61.9 Å². The highest BCUT2D eigenvalue weighted by molar-refractivity contribution is 5.83. The first-order valence-electron chi connectivity index (χ1n) is 18.8. The fraction of sp³-hybridized carbons (Fsp3) is 0.191. The van der Waals surface area contributed by atoms with Crippen molar-refractivity contribution in [2.45, 2.75) is 54.9 Å². The van der Waals surface area contributed by atoms with Crippen molar-refractivity contribution in [1.29, 1.82) is 0 Å². The van der Waals surface area contributed by atoms with Gasteiger partial charge in [-0.3, -0.25) is 9.64 Å². The second-order valence-corrected chi connectivity index (χ2v) is 14.6. The van der Waals surface area contributed by atoms with Gasteiger partial charge in [-0.2, -0.15) is 39.5 Å². The predicted octanol–water partition coefficient (Wildman–Crippen LogP) is 12.3. The third-order valence-electron chi connectivity index (χ3n) is 10.0. The molecule has 0 fully saturated rings. The lowest BCUT2D eigenvalue weighted by Gasteiger charge is -2.38. The van der Waals surface area contributed by atoms with Crippen LogP contribution in [0.3, 0.4) is 0 Å². The van der Waals surface area contributed by atoms with Crippen LogP contribution in [0.25, 0.3) is 4.85 Å².